The SMILES string of the molecule is Cc1ccccc1C(c1ccc2ccccc2n1)N1CCCC(C(=O)O)C1. The van der Waals surface area contributed by atoms with Crippen LogP contribution in [0.15, 0.2) is 60.7 Å². The van der Waals surface area contributed by atoms with Crippen molar-refractivity contribution in [2.45, 2.75) is 25.8 Å². The lowest BCUT2D eigenvalue weighted by Gasteiger charge is -2.37. The largest absolute Gasteiger partial charge is 0.481 e. The molecule has 1 saturated heterocycles. The molecule has 1 aliphatic rings. The average Bonchev–Trinajstić information content (AvgIpc) is 2.70. The molecule has 0 saturated carbocycles. The van der Waals surface area contributed by atoms with Crippen molar-refractivity contribution in [1.29, 1.82) is 0 Å². The van der Waals surface area contributed by atoms with Crippen LogP contribution in [0.5, 0.6) is 0 Å². The highest BCUT2D eigenvalue weighted by atomic mass is 16.4. The van der Waals surface area contributed by atoms with Crippen LogP contribution in [0.25, 0.3) is 10.9 Å². The highest BCUT2D eigenvalue weighted by Gasteiger charge is 2.32. The van der Waals surface area contributed by atoms with Crippen molar-refractivity contribution in [1.82, 2.24) is 9.88 Å². The summed E-state index contributed by atoms with van der Waals surface area (Å²) in [6, 6.07) is 20.6. The summed E-state index contributed by atoms with van der Waals surface area (Å²) in [6.45, 7) is 3.56. The molecule has 4 heteroatoms. The molecule has 0 amide bonds. The second-order valence-corrected chi connectivity index (χ2v) is 7.36. The molecule has 4 nitrogen and oxygen atoms in total. The lowest BCUT2D eigenvalue weighted by molar-refractivity contribution is -0.143. The molecule has 3 aromatic rings. The summed E-state index contributed by atoms with van der Waals surface area (Å²) in [7, 11) is 0. The van der Waals surface area contributed by atoms with E-state index in [0.717, 1.165) is 36.0 Å². The summed E-state index contributed by atoms with van der Waals surface area (Å²) < 4.78 is 0. The van der Waals surface area contributed by atoms with Gasteiger partial charge in [-0.25, -0.2) is 0 Å². The molecule has 0 radical (unpaired) electrons. The molecule has 27 heavy (non-hydrogen) atoms. The van der Waals surface area contributed by atoms with Crippen molar-refractivity contribution in [3.05, 3.63) is 77.5 Å². The van der Waals surface area contributed by atoms with E-state index in [1.54, 1.807) is 0 Å². The highest BCUT2D eigenvalue weighted by Crippen LogP contribution is 2.34. The zero-order chi connectivity index (χ0) is 18.8. The van der Waals surface area contributed by atoms with Gasteiger partial charge in [-0.15, -0.1) is 0 Å². The molecule has 0 bridgehead atoms. The monoisotopic (exact) mass is 360 g/mol. The molecule has 1 aliphatic heterocycles. The van der Waals surface area contributed by atoms with Gasteiger partial charge in [0, 0.05) is 11.9 Å². The fourth-order valence-corrected chi connectivity index (χ4v) is 4.11. The Kier molecular flexibility index (Phi) is 4.90. The third-order valence-corrected chi connectivity index (χ3v) is 5.55. The number of nitrogens with zero attached hydrogens (tertiary/aromatic N) is 2. The second kappa shape index (κ2) is 7.49. The van der Waals surface area contributed by atoms with Gasteiger partial charge in [0.15, 0.2) is 0 Å². The van der Waals surface area contributed by atoms with E-state index in [0.29, 0.717) is 6.54 Å². The first kappa shape index (κ1) is 17.7. The number of aliphatic carboxylic acids is 1. The lowest BCUT2D eigenvalue weighted by Crippen LogP contribution is -2.41. The van der Waals surface area contributed by atoms with Crippen molar-refractivity contribution in [2.75, 3.05) is 13.1 Å². The number of aromatic nitrogens is 1. The molecule has 1 N–H and O–H groups in total. The third-order valence-electron chi connectivity index (χ3n) is 5.55. The number of likely N-dealkylation sites (tertiary alicyclic amines) is 1. The Hall–Kier alpha value is -2.72. The van der Waals surface area contributed by atoms with Crippen LogP contribution >= 0.6 is 0 Å². The van der Waals surface area contributed by atoms with E-state index in [9.17, 15) is 9.90 Å². The van der Waals surface area contributed by atoms with Gasteiger partial charge >= 0.3 is 5.97 Å². The van der Waals surface area contributed by atoms with E-state index in [1.807, 2.05) is 24.3 Å². The van der Waals surface area contributed by atoms with Crippen LogP contribution in [0.2, 0.25) is 0 Å². The number of para-hydroxylation sites is 1. The summed E-state index contributed by atoms with van der Waals surface area (Å²) in [6.07, 6.45) is 1.64. The maximum absolute atomic E-state index is 11.6. The number of hydrogen-bond acceptors (Lipinski definition) is 3. The summed E-state index contributed by atoms with van der Waals surface area (Å²) in [4.78, 5) is 18.8. The fraction of sp³-hybridized carbons (Fsp3) is 0.304. The van der Waals surface area contributed by atoms with Crippen molar-refractivity contribution in [3.8, 4) is 0 Å². The lowest BCUT2D eigenvalue weighted by atomic mass is 9.91. The Morgan fingerprint density at radius 2 is 1.89 bits per heavy atom. The van der Waals surface area contributed by atoms with E-state index in [4.69, 9.17) is 4.98 Å². The van der Waals surface area contributed by atoms with Gasteiger partial charge in [-0.1, -0.05) is 48.5 Å². The number of rotatable bonds is 4. The van der Waals surface area contributed by atoms with Gasteiger partial charge in [-0.3, -0.25) is 14.7 Å². The van der Waals surface area contributed by atoms with Crippen LogP contribution in [0.3, 0.4) is 0 Å². The molecular formula is C23H24N2O2. The van der Waals surface area contributed by atoms with Crippen molar-refractivity contribution in [3.63, 3.8) is 0 Å². The average molecular weight is 360 g/mol. The zero-order valence-corrected chi connectivity index (χ0v) is 15.5. The van der Waals surface area contributed by atoms with Gasteiger partial charge < -0.3 is 5.11 Å². The number of fused-ring (bicyclic) bond motifs is 1. The fourth-order valence-electron chi connectivity index (χ4n) is 4.11. The molecule has 0 aliphatic carbocycles. The Morgan fingerprint density at radius 3 is 2.70 bits per heavy atom. The van der Waals surface area contributed by atoms with E-state index >= 15 is 0 Å². The predicted octanol–water partition coefficient (Wildman–Crippen LogP) is 4.43. The van der Waals surface area contributed by atoms with Gasteiger partial charge in [0.05, 0.1) is 23.2 Å². The van der Waals surface area contributed by atoms with Crippen LogP contribution in [0.1, 0.15) is 35.7 Å². The molecule has 0 spiro atoms. The summed E-state index contributed by atoms with van der Waals surface area (Å²) in [5.74, 6) is -1.01. The van der Waals surface area contributed by atoms with E-state index in [-0.39, 0.29) is 12.0 Å². The zero-order valence-electron chi connectivity index (χ0n) is 15.5. The highest BCUT2D eigenvalue weighted by molar-refractivity contribution is 5.78. The number of benzene rings is 2. The minimum Gasteiger partial charge on any atom is -0.481 e. The van der Waals surface area contributed by atoms with Crippen LogP contribution < -0.4 is 0 Å². The van der Waals surface area contributed by atoms with Crippen LogP contribution in [0, 0.1) is 12.8 Å². The van der Waals surface area contributed by atoms with Crippen LogP contribution in [-0.2, 0) is 4.79 Å². The number of pyridine rings is 1. The van der Waals surface area contributed by atoms with E-state index < -0.39 is 5.97 Å². The molecule has 1 aromatic heterocycles. The molecule has 2 aromatic carbocycles. The van der Waals surface area contributed by atoms with Crippen molar-refractivity contribution in [2.24, 2.45) is 5.92 Å². The van der Waals surface area contributed by atoms with Crippen molar-refractivity contribution >= 4 is 16.9 Å². The molecule has 1 fully saturated rings. The molecule has 138 valence electrons. The molecule has 4 rings (SSSR count). The first-order valence-corrected chi connectivity index (χ1v) is 9.51. The van der Waals surface area contributed by atoms with Crippen LogP contribution in [-0.4, -0.2) is 34.0 Å². The van der Waals surface area contributed by atoms with Gasteiger partial charge in [-0.05, 0) is 49.6 Å². The number of carboxylic acid groups (broad SMARTS) is 1. The number of piperidine rings is 1. The number of hydrogen-bond donors (Lipinski definition) is 1. The number of aryl methyl sites for hydroxylation is 1. The smallest absolute Gasteiger partial charge is 0.307 e. The second-order valence-electron chi connectivity index (χ2n) is 7.36. The van der Waals surface area contributed by atoms with Gasteiger partial charge in [-0.2, -0.15) is 0 Å². The van der Waals surface area contributed by atoms with Crippen LogP contribution in [0.4, 0.5) is 0 Å². The maximum Gasteiger partial charge on any atom is 0.307 e. The third kappa shape index (κ3) is 3.58. The minimum atomic E-state index is -0.699. The first-order chi connectivity index (χ1) is 13.1. The maximum atomic E-state index is 11.6. The summed E-state index contributed by atoms with van der Waals surface area (Å²) >= 11 is 0. The Balaban J connectivity index is 1.80. The summed E-state index contributed by atoms with van der Waals surface area (Å²) in [5, 5.41) is 10.7. The standard InChI is InChI=1S/C23H24N2O2/c1-16-7-2-4-10-19(16)22(25-14-6-9-18(15-25)23(26)27)21-13-12-17-8-3-5-11-20(17)24-21/h2-5,7-8,10-13,18,22H,6,9,14-15H2,1H3,(H,26,27). The Labute approximate surface area is 159 Å². The van der Waals surface area contributed by atoms with Crippen molar-refractivity contribution < 1.29 is 9.90 Å². The number of carbonyl (C=O) groups is 1. The quantitative estimate of drug-likeness (QED) is 0.748. The molecule has 2 heterocycles. The van der Waals surface area contributed by atoms with Gasteiger partial charge in [0.2, 0.25) is 0 Å². The topological polar surface area (TPSA) is 53.4 Å². The van der Waals surface area contributed by atoms with E-state index in [2.05, 4.69) is 48.2 Å². The Morgan fingerprint density at radius 1 is 1.11 bits per heavy atom. The van der Waals surface area contributed by atoms with Gasteiger partial charge in [0.1, 0.15) is 0 Å². The van der Waals surface area contributed by atoms with E-state index in [1.165, 1.54) is 11.1 Å². The normalized spacial score (nSPS) is 19.1. The first-order valence-electron chi connectivity index (χ1n) is 9.51. The summed E-state index contributed by atoms with van der Waals surface area (Å²) in [5.41, 5.74) is 4.36. The molecular weight excluding hydrogens is 336 g/mol. The predicted molar refractivity (Wildman–Crippen MR) is 107 cm³/mol. The van der Waals surface area contributed by atoms with Gasteiger partial charge in [0.25, 0.3) is 0 Å². The molecule has 2 atom stereocenters. The minimum absolute atomic E-state index is 0.0297. The number of carboxylic acids is 1. The molecule has 2 unspecified atom stereocenters. The Bertz CT molecular complexity index is 969.